The highest BCUT2D eigenvalue weighted by Gasteiger charge is 2.21. The molecule has 0 aliphatic carbocycles. The van der Waals surface area contributed by atoms with Gasteiger partial charge >= 0.3 is 5.97 Å². The summed E-state index contributed by atoms with van der Waals surface area (Å²) >= 11 is 0. The standard InChI is InChI=1S/C14H21NO5/c1-5-20-14(16)11(15)8-10-12(18-3)6-9(17-2)7-13(10)19-4/h6-7,11H,5,8,15H2,1-4H3. The van der Waals surface area contributed by atoms with Gasteiger partial charge in [-0.3, -0.25) is 4.79 Å². The lowest BCUT2D eigenvalue weighted by Gasteiger charge is -2.17. The molecule has 0 radical (unpaired) electrons. The van der Waals surface area contributed by atoms with Crippen molar-refractivity contribution in [3.63, 3.8) is 0 Å². The predicted octanol–water partition coefficient (Wildman–Crippen LogP) is 1.15. The van der Waals surface area contributed by atoms with Gasteiger partial charge in [-0.25, -0.2) is 0 Å². The number of methoxy groups -OCH3 is 3. The Hall–Kier alpha value is -1.95. The molecule has 1 aromatic carbocycles. The second-order valence-corrected chi connectivity index (χ2v) is 4.07. The highest BCUT2D eigenvalue weighted by Crippen LogP contribution is 2.34. The number of carbonyl (C=O) groups is 1. The molecular formula is C14H21NO5. The summed E-state index contributed by atoms with van der Waals surface area (Å²) in [5.41, 5.74) is 6.54. The molecule has 1 atom stereocenters. The Morgan fingerprint density at radius 2 is 1.70 bits per heavy atom. The lowest BCUT2D eigenvalue weighted by atomic mass is 10.0. The van der Waals surface area contributed by atoms with Gasteiger partial charge in [0.05, 0.1) is 27.9 Å². The number of carbonyl (C=O) groups excluding carboxylic acids is 1. The van der Waals surface area contributed by atoms with Crippen LogP contribution in [0.2, 0.25) is 0 Å². The van der Waals surface area contributed by atoms with Crippen molar-refractivity contribution in [1.29, 1.82) is 0 Å². The maximum absolute atomic E-state index is 11.6. The molecule has 1 rings (SSSR count). The monoisotopic (exact) mass is 283 g/mol. The fourth-order valence-corrected chi connectivity index (χ4v) is 1.83. The zero-order valence-corrected chi connectivity index (χ0v) is 12.3. The fraction of sp³-hybridized carbons (Fsp3) is 0.500. The average Bonchev–Trinajstić information content (AvgIpc) is 2.47. The Bertz CT molecular complexity index is 436. The number of ether oxygens (including phenoxy) is 4. The highest BCUT2D eigenvalue weighted by molar-refractivity contribution is 5.76. The Labute approximate surface area is 118 Å². The summed E-state index contributed by atoms with van der Waals surface area (Å²) in [6.45, 7) is 2.03. The van der Waals surface area contributed by atoms with Crippen LogP contribution in [0.3, 0.4) is 0 Å². The lowest BCUT2D eigenvalue weighted by Crippen LogP contribution is -2.34. The van der Waals surface area contributed by atoms with Gasteiger partial charge in [0, 0.05) is 24.1 Å². The van der Waals surface area contributed by atoms with Crippen molar-refractivity contribution in [2.45, 2.75) is 19.4 Å². The van der Waals surface area contributed by atoms with E-state index in [1.165, 1.54) is 14.2 Å². The largest absolute Gasteiger partial charge is 0.496 e. The molecule has 6 heteroatoms. The number of nitrogens with two attached hydrogens (primary N) is 1. The van der Waals surface area contributed by atoms with E-state index in [0.29, 0.717) is 29.4 Å². The van der Waals surface area contributed by atoms with Crippen LogP contribution in [-0.4, -0.2) is 39.9 Å². The smallest absolute Gasteiger partial charge is 0.323 e. The van der Waals surface area contributed by atoms with Gasteiger partial charge in [-0.05, 0) is 6.92 Å². The maximum Gasteiger partial charge on any atom is 0.323 e. The number of benzene rings is 1. The summed E-state index contributed by atoms with van der Waals surface area (Å²) in [7, 11) is 4.62. The Morgan fingerprint density at radius 1 is 1.15 bits per heavy atom. The third-order valence-electron chi connectivity index (χ3n) is 2.83. The van der Waals surface area contributed by atoms with Crippen LogP contribution in [0.1, 0.15) is 12.5 Å². The average molecular weight is 283 g/mol. The molecule has 0 heterocycles. The molecule has 0 aliphatic rings. The van der Waals surface area contributed by atoms with Crippen molar-refractivity contribution in [1.82, 2.24) is 0 Å². The summed E-state index contributed by atoms with van der Waals surface area (Å²) in [5.74, 6) is 1.27. The first kappa shape index (κ1) is 16.1. The van der Waals surface area contributed by atoms with Crippen molar-refractivity contribution >= 4 is 5.97 Å². The molecule has 0 bridgehead atoms. The molecule has 0 saturated carbocycles. The van der Waals surface area contributed by atoms with Crippen molar-refractivity contribution < 1.29 is 23.7 Å². The Morgan fingerprint density at radius 3 is 2.10 bits per heavy atom. The summed E-state index contributed by atoms with van der Waals surface area (Å²) in [5, 5.41) is 0. The van der Waals surface area contributed by atoms with Crippen LogP contribution in [0.15, 0.2) is 12.1 Å². The van der Waals surface area contributed by atoms with Gasteiger partial charge < -0.3 is 24.7 Å². The van der Waals surface area contributed by atoms with Gasteiger partial charge in [0.25, 0.3) is 0 Å². The van der Waals surface area contributed by atoms with Crippen LogP contribution in [0.25, 0.3) is 0 Å². The van der Waals surface area contributed by atoms with Crippen LogP contribution in [0, 0.1) is 0 Å². The van der Waals surface area contributed by atoms with E-state index in [0.717, 1.165) is 0 Å². The van der Waals surface area contributed by atoms with Crippen LogP contribution >= 0.6 is 0 Å². The van der Waals surface area contributed by atoms with Gasteiger partial charge in [0.15, 0.2) is 0 Å². The molecule has 112 valence electrons. The molecule has 0 aliphatic heterocycles. The van der Waals surface area contributed by atoms with Gasteiger partial charge in [0.1, 0.15) is 23.3 Å². The molecule has 2 N–H and O–H groups in total. The summed E-state index contributed by atoms with van der Waals surface area (Å²) < 4.78 is 20.7. The minimum atomic E-state index is -0.772. The first-order valence-electron chi connectivity index (χ1n) is 6.28. The van der Waals surface area contributed by atoms with Crippen molar-refractivity contribution in [2.75, 3.05) is 27.9 Å². The second kappa shape index (κ2) is 7.59. The van der Waals surface area contributed by atoms with Crippen LogP contribution < -0.4 is 19.9 Å². The van der Waals surface area contributed by atoms with Crippen molar-refractivity contribution in [2.24, 2.45) is 5.73 Å². The molecule has 6 nitrogen and oxygen atoms in total. The van der Waals surface area contributed by atoms with E-state index in [9.17, 15) is 4.79 Å². The summed E-state index contributed by atoms with van der Waals surface area (Å²) in [6, 6.07) is 2.66. The topological polar surface area (TPSA) is 80.0 Å². The molecule has 0 fully saturated rings. The normalized spacial score (nSPS) is 11.7. The van der Waals surface area contributed by atoms with Gasteiger partial charge in [-0.15, -0.1) is 0 Å². The first-order valence-corrected chi connectivity index (χ1v) is 6.28. The number of rotatable bonds is 7. The minimum Gasteiger partial charge on any atom is -0.496 e. The van der Waals surface area contributed by atoms with E-state index < -0.39 is 12.0 Å². The zero-order valence-electron chi connectivity index (χ0n) is 12.3. The van der Waals surface area contributed by atoms with Gasteiger partial charge in [-0.2, -0.15) is 0 Å². The SMILES string of the molecule is CCOC(=O)C(N)Cc1c(OC)cc(OC)cc1OC. The number of hydrogen-bond donors (Lipinski definition) is 1. The van der Waals surface area contributed by atoms with Crippen LogP contribution in [-0.2, 0) is 16.0 Å². The van der Waals surface area contributed by atoms with Gasteiger partial charge in [0.2, 0.25) is 0 Å². The van der Waals surface area contributed by atoms with Crippen molar-refractivity contribution in [3.05, 3.63) is 17.7 Å². The Balaban J connectivity index is 3.06. The lowest BCUT2D eigenvalue weighted by molar-refractivity contribution is -0.144. The van der Waals surface area contributed by atoms with E-state index >= 15 is 0 Å². The number of hydrogen-bond acceptors (Lipinski definition) is 6. The van der Waals surface area contributed by atoms with E-state index in [1.807, 2.05) is 0 Å². The molecule has 0 spiro atoms. The Kier molecular flexibility index (Phi) is 6.11. The second-order valence-electron chi connectivity index (χ2n) is 4.07. The van der Waals surface area contributed by atoms with Gasteiger partial charge in [-0.1, -0.05) is 0 Å². The quantitative estimate of drug-likeness (QED) is 0.756. The molecular weight excluding hydrogens is 262 g/mol. The summed E-state index contributed by atoms with van der Waals surface area (Å²) in [6.07, 6.45) is 0.259. The first-order chi connectivity index (χ1) is 9.57. The molecule has 1 unspecified atom stereocenters. The zero-order chi connectivity index (χ0) is 15.1. The summed E-state index contributed by atoms with van der Waals surface area (Å²) in [4.78, 5) is 11.6. The van der Waals surface area contributed by atoms with E-state index in [-0.39, 0.29) is 6.42 Å². The van der Waals surface area contributed by atoms with Crippen LogP contribution in [0.5, 0.6) is 17.2 Å². The predicted molar refractivity (Wildman–Crippen MR) is 74.4 cm³/mol. The third-order valence-corrected chi connectivity index (χ3v) is 2.83. The van der Waals surface area contributed by atoms with Crippen LogP contribution in [0.4, 0.5) is 0 Å². The molecule has 1 aromatic rings. The molecule has 0 saturated heterocycles. The van der Waals surface area contributed by atoms with E-state index in [4.69, 9.17) is 24.7 Å². The van der Waals surface area contributed by atoms with Crippen molar-refractivity contribution in [3.8, 4) is 17.2 Å². The minimum absolute atomic E-state index is 0.259. The molecule has 0 aromatic heterocycles. The maximum atomic E-state index is 11.6. The van der Waals surface area contributed by atoms with E-state index in [2.05, 4.69) is 0 Å². The molecule has 20 heavy (non-hydrogen) atoms. The third kappa shape index (κ3) is 3.77. The molecule has 0 amide bonds. The van der Waals surface area contributed by atoms with E-state index in [1.54, 1.807) is 26.2 Å². The fourth-order valence-electron chi connectivity index (χ4n) is 1.83. The highest BCUT2D eigenvalue weighted by atomic mass is 16.5. The number of esters is 1.